The van der Waals surface area contributed by atoms with Crippen molar-refractivity contribution in [1.82, 2.24) is 4.90 Å². The molecule has 0 aromatic heterocycles. The van der Waals surface area contributed by atoms with Gasteiger partial charge in [-0.3, -0.25) is 4.90 Å². The highest BCUT2D eigenvalue weighted by Crippen LogP contribution is 2.13. The summed E-state index contributed by atoms with van der Waals surface area (Å²) in [5.74, 6) is 0. The lowest BCUT2D eigenvalue weighted by atomic mass is 10.4. The van der Waals surface area contributed by atoms with Crippen molar-refractivity contribution >= 4 is 15.0 Å². The number of sulfone groups is 1. The molecule has 2 rings (SSSR count). The quantitative estimate of drug-likeness (QED) is 0.652. The highest BCUT2D eigenvalue weighted by Gasteiger charge is 2.23. The van der Waals surface area contributed by atoms with Crippen LogP contribution in [0.2, 0.25) is 0 Å². The molecule has 15 heavy (non-hydrogen) atoms. The van der Waals surface area contributed by atoms with Gasteiger partial charge in [-0.1, -0.05) is 0 Å². The summed E-state index contributed by atoms with van der Waals surface area (Å²) >= 11 is 0. The van der Waals surface area contributed by atoms with Crippen LogP contribution in [-0.4, -0.2) is 51.3 Å². The Morgan fingerprint density at radius 2 is 2.13 bits per heavy atom. The molecular formula is C8H13N3O3S. The fourth-order valence-corrected chi connectivity index (χ4v) is 2.38. The van der Waals surface area contributed by atoms with Crippen molar-refractivity contribution in [3.05, 3.63) is 11.1 Å². The van der Waals surface area contributed by atoms with Crippen molar-refractivity contribution < 1.29 is 13.2 Å². The molecule has 1 saturated heterocycles. The van der Waals surface area contributed by atoms with E-state index in [9.17, 15) is 8.42 Å². The molecule has 1 fully saturated rings. The lowest BCUT2D eigenvalue weighted by Gasteiger charge is -2.25. The minimum absolute atomic E-state index is 0.300. The zero-order valence-electron chi connectivity index (χ0n) is 8.22. The van der Waals surface area contributed by atoms with Gasteiger partial charge in [0.2, 0.25) is 15.0 Å². The molecule has 0 spiro atoms. The van der Waals surface area contributed by atoms with Crippen LogP contribution in [0.4, 0.5) is 0 Å². The van der Waals surface area contributed by atoms with E-state index in [0.29, 0.717) is 25.5 Å². The number of amidine groups is 1. The van der Waals surface area contributed by atoms with Gasteiger partial charge in [0.05, 0.1) is 24.3 Å². The largest absolute Gasteiger partial charge is 0.379 e. The van der Waals surface area contributed by atoms with Crippen LogP contribution in [0, 0.1) is 0 Å². The van der Waals surface area contributed by atoms with E-state index in [4.69, 9.17) is 10.5 Å². The summed E-state index contributed by atoms with van der Waals surface area (Å²) in [5, 5.41) is 0.836. The second-order valence-corrected chi connectivity index (χ2v) is 5.24. The van der Waals surface area contributed by atoms with Crippen LogP contribution in [-0.2, 0) is 14.6 Å². The van der Waals surface area contributed by atoms with Crippen molar-refractivity contribution in [1.29, 1.82) is 0 Å². The van der Waals surface area contributed by atoms with E-state index < -0.39 is 9.84 Å². The van der Waals surface area contributed by atoms with Gasteiger partial charge in [-0.05, 0) is 0 Å². The molecule has 0 atom stereocenters. The molecule has 0 amide bonds. The second-order valence-electron chi connectivity index (χ2n) is 3.49. The predicted octanol–water partition coefficient (Wildman–Crippen LogP) is -1.10. The first-order chi connectivity index (χ1) is 7.08. The topological polar surface area (TPSA) is 85.0 Å². The van der Waals surface area contributed by atoms with E-state index in [-0.39, 0.29) is 5.17 Å². The average Bonchev–Trinajstić information content (AvgIpc) is 2.42. The first-order valence-electron chi connectivity index (χ1n) is 4.68. The van der Waals surface area contributed by atoms with Gasteiger partial charge in [-0.2, -0.15) is 0 Å². The molecule has 0 aromatic rings. The van der Waals surface area contributed by atoms with Gasteiger partial charge in [0.15, 0.2) is 0 Å². The maximum absolute atomic E-state index is 11.2. The molecule has 2 aliphatic heterocycles. The van der Waals surface area contributed by atoms with E-state index in [1.807, 2.05) is 0 Å². The maximum atomic E-state index is 11.2. The molecule has 0 aromatic carbocycles. The number of hydrogen-bond acceptors (Lipinski definition) is 6. The van der Waals surface area contributed by atoms with E-state index in [1.165, 1.54) is 0 Å². The number of aliphatic imine (C=N–C) groups is 1. The van der Waals surface area contributed by atoms with Gasteiger partial charge in [0, 0.05) is 19.6 Å². The first-order valence-corrected chi connectivity index (χ1v) is 6.22. The average molecular weight is 231 g/mol. The highest BCUT2D eigenvalue weighted by atomic mass is 32.2. The van der Waals surface area contributed by atoms with E-state index in [2.05, 4.69) is 9.89 Å². The number of morpholine rings is 1. The van der Waals surface area contributed by atoms with Crippen LogP contribution in [0.25, 0.3) is 0 Å². The normalized spacial score (nSPS) is 26.1. The molecule has 7 heteroatoms. The van der Waals surface area contributed by atoms with Crippen LogP contribution in [0.15, 0.2) is 16.1 Å². The number of hydrogen-bond donors (Lipinski definition) is 1. The van der Waals surface area contributed by atoms with Crippen LogP contribution in [0.5, 0.6) is 0 Å². The van der Waals surface area contributed by atoms with Crippen molar-refractivity contribution in [2.75, 3.05) is 32.8 Å². The molecule has 6 nitrogen and oxygen atoms in total. The van der Waals surface area contributed by atoms with Crippen molar-refractivity contribution in [2.24, 2.45) is 10.7 Å². The molecular weight excluding hydrogens is 218 g/mol. The summed E-state index contributed by atoms with van der Waals surface area (Å²) in [5.41, 5.74) is 5.78. The van der Waals surface area contributed by atoms with Gasteiger partial charge in [0.25, 0.3) is 0 Å². The van der Waals surface area contributed by atoms with Crippen LogP contribution in [0.3, 0.4) is 0 Å². The van der Waals surface area contributed by atoms with Gasteiger partial charge < -0.3 is 10.5 Å². The Morgan fingerprint density at radius 3 is 2.67 bits per heavy atom. The highest BCUT2D eigenvalue weighted by molar-refractivity contribution is 8.09. The lowest BCUT2D eigenvalue weighted by Crippen LogP contribution is -2.37. The third-order valence-corrected chi connectivity index (χ3v) is 3.58. The first kappa shape index (κ1) is 10.6. The van der Waals surface area contributed by atoms with E-state index in [1.54, 1.807) is 0 Å². The third-order valence-electron chi connectivity index (χ3n) is 2.33. The molecule has 0 bridgehead atoms. The Hall–Kier alpha value is -0.920. The van der Waals surface area contributed by atoms with Crippen LogP contribution in [0.1, 0.15) is 0 Å². The Morgan fingerprint density at radius 1 is 1.47 bits per heavy atom. The summed E-state index contributed by atoms with van der Waals surface area (Å²) in [7, 11) is -3.42. The molecule has 2 heterocycles. The summed E-state index contributed by atoms with van der Waals surface area (Å²) in [6.45, 7) is 3.47. The summed E-state index contributed by atoms with van der Waals surface area (Å²) in [6.07, 6.45) is 0. The van der Waals surface area contributed by atoms with Gasteiger partial charge in [-0.25, -0.2) is 13.4 Å². The van der Waals surface area contributed by atoms with Crippen LogP contribution >= 0.6 is 0 Å². The zero-order valence-corrected chi connectivity index (χ0v) is 9.03. The third kappa shape index (κ3) is 2.36. The van der Waals surface area contributed by atoms with Crippen molar-refractivity contribution in [3.63, 3.8) is 0 Å². The van der Waals surface area contributed by atoms with Gasteiger partial charge >= 0.3 is 0 Å². The lowest BCUT2D eigenvalue weighted by molar-refractivity contribution is 0.0422. The van der Waals surface area contributed by atoms with Crippen molar-refractivity contribution in [2.45, 2.75) is 0 Å². The summed E-state index contributed by atoms with van der Waals surface area (Å²) < 4.78 is 27.7. The fraction of sp³-hybridized carbons (Fsp3) is 0.625. The molecule has 0 aliphatic carbocycles. The molecule has 0 unspecified atom stereocenters. The van der Waals surface area contributed by atoms with Gasteiger partial charge in [-0.15, -0.1) is 0 Å². The second kappa shape index (κ2) is 3.92. The molecule has 0 radical (unpaired) electrons. The van der Waals surface area contributed by atoms with E-state index >= 15 is 0 Å². The molecule has 0 saturated carbocycles. The monoisotopic (exact) mass is 231 g/mol. The SMILES string of the molecule is NC1=NC(CN2CCOCC2)=CS1(=O)=O. The van der Waals surface area contributed by atoms with Crippen LogP contribution < -0.4 is 5.73 Å². The Labute approximate surface area is 88.3 Å². The zero-order chi connectivity index (χ0) is 10.9. The Bertz CT molecular complexity index is 407. The minimum Gasteiger partial charge on any atom is -0.379 e. The standard InChI is InChI=1S/C8H13N3O3S/c9-8-10-7(6-15(8,12)13)5-11-1-3-14-4-2-11/h6H,1-5H2,(H2,9,10). The number of ether oxygens (including phenoxy) is 1. The molecule has 2 N–H and O–H groups in total. The predicted molar refractivity (Wildman–Crippen MR) is 55.9 cm³/mol. The van der Waals surface area contributed by atoms with E-state index in [0.717, 1.165) is 18.5 Å². The fourth-order valence-electron chi connectivity index (χ4n) is 1.53. The summed E-state index contributed by atoms with van der Waals surface area (Å²) in [6, 6.07) is 0. The Kier molecular flexibility index (Phi) is 2.76. The number of rotatable bonds is 2. The molecule has 84 valence electrons. The van der Waals surface area contributed by atoms with Crippen molar-refractivity contribution in [3.8, 4) is 0 Å². The number of nitrogens with zero attached hydrogens (tertiary/aromatic N) is 2. The number of nitrogens with two attached hydrogens (primary N) is 1. The molecule has 2 aliphatic rings. The summed E-state index contributed by atoms with van der Waals surface area (Å²) in [4.78, 5) is 5.91. The Balaban J connectivity index is 2.02. The van der Waals surface area contributed by atoms with Gasteiger partial charge in [0.1, 0.15) is 0 Å². The maximum Gasteiger partial charge on any atom is 0.234 e. The minimum atomic E-state index is -3.42. The smallest absolute Gasteiger partial charge is 0.234 e.